The highest BCUT2D eigenvalue weighted by molar-refractivity contribution is 6.38. The number of pyridine rings is 1. The average molecular weight is 457 g/mol. The maximum atomic E-state index is 13.2. The van der Waals surface area contributed by atoms with Crippen LogP contribution in [0.5, 0.6) is 0 Å². The third kappa shape index (κ3) is 5.04. The largest absolute Gasteiger partial charge is 0.363 e. The molecule has 1 unspecified atom stereocenters. The van der Waals surface area contributed by atoms with E-state index in [0.717, 1.165) is 5.56 Å². The van der Waals surface area contributed by atoms with E-state index >= 15 is 0 Å². The summed E-state index contributed by atoms with van der Waals surface area (Å²) in [5.74, 6) is -2.98. The van der Waals surface area contributed by atoms with Crippen LogP contribution in [-0.2, 0) is 16.0 Å². The molecule has 0 aliphatic heterocycles. The number of nitrogens with zero attached hydrogens (tertiary/aromatic N) is 3. The molecule has 0 aliphatic carbocycles. The number of ketones is 1. The topological polar surface area (TPSA) is 120 Å². The second-order valence-corrected chi connectivity index (χ2v) is 7.47. The van der Waals surface area contributed by atoms with E-state index in [1.807, 2.05) is 30.3 Å². The number of halogens is 1. The first-order valence-corrected chi connectivity index (χ1v) is 10.4. The van der Waals surface area contributed by atoms with Gasteiger partial charge in [0.1, 0.15) is 11.9 Å². The summed E-state index contributed by atoms with van der Waals surface area (Å²) in [6, 6.07) is 18.6. The summed E-state index contributed by atoms with van der Waals surface area (Å²) < 4.78 is 14.7. The summed E-state index contributed by atoms with van der Waals surface area (Å²) in [4.78, 5) is 41.4. The fourth-order valence-electron chi connectivity index (χ4n) is 3.43. The summed E-state index contributed by atoms with van der Waals surface area (Å²) >= 11 is 0. The van der Waals surface area contributed by atoms with Gasteiger partial charge in [0.15, 0.2) is 5.82 Å². The molecular formula is C25H20FN5O3. The van der Waals surface area contributed by atoms with Crippen molar-refractivity contribution in [1.29, 1.82) is 0 Å². The summed E-state index contributed by atoms with van der Waals surface area (Å²) in [5, 5.41) is 7.07. The van der Waals surface area contributed by atoms with Gasteiger partial charge < -0.3 is 11.1 Å². The van der Waals surface area contributed by atoms with Crippen molar-refractivity contribution < 1.29 is 18.8 Å². The Morgan fingerprint density at radius 2 is 1.71 bits per heavy atom. The summed E-state index contributed by atoms with van der Waals surface area (Å²) in [7, 11) is 0. The van der Waals surface area contributed by atoms with Gasteiger partial charge in [0.2, 0.25) is 5.78 Å². The van der Waals surface area contributed by atoms with E-state index in [4.69, 9.17) is 5.73 Å². The molecule has 2 aromatic heterocycles. The molecule has 9 heteroatoms. The van der Waals surface area contributed by atoms with Gasteiger partial charge in [-0.15, -0.1) is 0 Å². The van der Waals surface area contributed by atoms with E-state index in [2.05, 4.69) is 15.4 Å². The molecule has 4 rings (SSSR count). The first kappa shape index (κ1) is 22.5. The van der Waals surface area contributed by atoms with E-state index in [0.29, 0.717) is 11.3 Å². The van der Waals surface area contributed by atoms with Crippen LogP contribution in [-0.4, -0.2) is 38.4 Å². The van der Waals surface area contributed by atoms with Gasteiger partial charge in [-0.25, -0.2) is 14.1 Å². The van der Waals surface area contributed by atoms with E-state index in [-0.39, 0.29) is 17.8 Å². The Bertz CT molecular complexity index is 1340. The fourth-order valence-corrected chi connectivity index (χ4v) is 3.43. The molecule has 0 aliphatic rings. The van der Waals surface area contributed by atoms with Gasteiger partial charge in [-0.2, -0.15) is 5.10 Å². The van der Waals surface area contributed by atoms with E-state index in [1.54, 1.807) is 18.3 Å². The Balaban J connectivity index is 1.61. The lowest BCUT2D eigenvalue weighted by molar-refractivity contribution is -0.137. The first-order chi connectivity index (χ1) is 16.4. The van der Waals surface area contributed by atoms with Crippen LogP contribution in [0.15, 0.2) is 85.2 Å². The van der Waals surface area contributed by atoms with Crippen molar-refractivity contribution in [3.8, 4) is 17.1 Å². The van der Waals surface area contributed by atoms with Crippen LogP contribution >= 0.6 is 0 Å². The first-order valence-electron chi connectivity index (χ1n) is 10.4. The van der Waals surface area contributed by atoms with E-state index < -0.39 is 29.5 Å². The monoisotopic (exact) mass is 457 g/mol. The van der Waals surface area contributed by atoms with Gasteiger partial charge in [0.05, 0.1) is 11.3 Å². The van der Waals surface area contributed by atoms with Crippen molar-refractivity contribution in [2.45, 2.75) is 12.5 Å². The fraction of sp³-hybridized carbons (Fsp3) is 0.0800. The lowest BCUT2D eigenvalue weighted by Gasteiger charge is -2.17. The van der Waals surface area contributed by atoms with Crippen LogP contribution in [0.2, 0.25) is 0 Å². The van der Waals surface area contributed by atoms with Gasteiger partial charge in [0.25, 0.3) is 11.8 Å². The van der Waals surface area contributed by atoms with Crippen LogP contribution in [0.3, 0.4) is 0 Å². The minimum atomic E-state index is -1.24. The Morgan fingerprint density at radius 1 is 0.971 bits per heavy atom. The highest BCUT2D eigenvalue weighted by Crippen LogP contribution is 2.19. The predicted octanol–water partition coefficient (Wildman–Crippen LogP) is 2.47. The van der Waals surface area contributed by atoms with Crippen LogP contribution in [0.25, 0.3) is 17.1 Å². The SMILES string of the molecule is NC(=O)C(=O)C(Cc1ccc(F)cc1)NC(=O)c1cccnc1-n1ccc(-c2ccccc2)n1. The number of Topliss-reactive ketones (excluding diaryl/α,β-unsaturated/α-hetero) is 1. The number of nitrogens with two attached hydrogens (primary N) is 1. The van der Waals surface area contributed by atoms with Gasteiger partial charge in [-0.05, 0) is 35.9 Å². The molecule has 0 saturated carbocycles. The molecule has 4 aromatic rings. The molecule has 3 N–H and O–H groups in total. The number of carbonyl (C=O) groups is 3. The maximum absolute atomic E-state index is 13.2. The number of aromatic nitrogens is 3. The van der Waals surface area contributed by atoms with Crippen molar-refractivity contribution in [2.24, 2.45) is 5.73 Å². The molecule has 0 bridgehead atoms. The molecule has 0 fully saturated rings. The lowest BCUT2D eigenvalue weighted by atomic mass is 10.0. The molecule has 2 aromatic carbocycles. The highest BCUT2D eigenvalue weighted by atomic mass is 19.1. The van der Waals surface area contributed by atoms with Crippen molar-refractivity contribution in [2.75, 3.05) is 0 Å². The predicted molar refractivity (Wildman–Crippen MR) is 122 cm³/mol. The van der Waals surface area contributed by atoms with Gasteiger partial charge >= 0.3 is 0 Å². The standard InChI is InChI=1S/C25H20FN5O3/c26-18-10-8-16(9-11-18)15-21(22(32)23(27)33)29-25(34)19-7-4-13-28-24(19)31-14-12-20(30-31)17-5-2-1-3-6-17/h1-14,21H,15H2,(H2,27,33)(H,29,34). The highest BCUT2D eigenvalue weighted by Gasteiger charge is 2.27. The van der Waals surface area contributed by atoms with Gasteiger partial charge in [-0.1, -0.05) is 42.5 Å². The molecule has 2 heterocycles. The Hall–Kier alpha value is -4.66. The van der Waals surface area contributed by atoms with E-state index in [9.17, 15) is 18.8 Å². The molecule has 0 spiro atoms. The van der Waals surface area contributed by atoms with Gasteiger partial charge in [0, 0.05) is 24.4 Å². The number of rotatable bonds is 8. The summed E-state index contributed by atoms with van der Waals surface area (Å²) in [6.45, 7) is 0. The Kier molecular flexibility index (Phi) is 6.54. The third-order valence-corrected chi connectivity index (χ3v) is 5.12. The number of hydrogen-bond acceptors (Lipinski definition) is 5. The van der Waals surface area contributed by atoms with Crippen LogP contribution < -0.4 is 11.1 Å². The second-order valence-electron chi connectivity index (χ2n) is 7.47. The lowest BCUT2D eigenvalue weighted by Crippen LogP contribution is -2.47. The number of nitrogens with one attached hydrogen (secondary N) is 1. The number of benzene rings is 2. The zero-order chi connectivity index (χ0) is 24.1. The minimum Gasteiger partial charge on any atom is -0.363 e. The zero-order valence-electron chi connectivity index (χ0n) is 17.9. The van der Waals surface area contributed by atoms with Crippen molar-refractivity contribution in [3.05, 3.63) is 102 Å². The van der Waals surface area contributed by atoms with E-state index in [1.165, 1.54) is 41.2 Å². The quantitative estimate of drug-likeness (QED) is 0.394. The van der Waals surface area contributed by atoms with Crippen LogP contribution in [0.4, 0.5) is 4.39 Å². The second kappa shape index (κ2) is 9.86. The van der Waals surface area contributed by atoms with Crippen molar-refractivity contribution in [3.63, 3.8) is 0 Å². The number of carbonyl (C=O) groups excluding carboxylic acids is 3. The molecule has 170 valence electrons. The minimum absolute atomic E-state index is 0.0384. The van der Waals surface area contributed by atoms with Gasteiger partial charge in [-0.3, -0.25) is 14.4 Å². The number of hydrogen-bond donors (Lipinski definition) is 2. The van der Waals surface area contributed by atoms with Crippen molar-refractivity contribution in [1.82, 2.24) is 20.1 Å². The summed E-state index contributed by atoms with van der Waals surface area (Å²) in [6.07, 6.45) is 3.15. The molecule has 0 saturated heterocycles. The smallest absolute Gasteiger partial charge is 0.287 e. The molecule has 0 radical (unpaired) electrons. The molecule has 2 amide bonds. The zero-order valence-corrected chi connectivity index (χ0v) is 17.9. The Labute approximate surface area is 194 Å². The molecule has 8 nitrogen and oxygen atoms in total. The number of amides is 2. The van der Waals surface area contributed by atoms with Crippen LogP contribution in [0.1, 0.15) is 15.9 Å². The third-order valence-electron chi connectivity index (χ3n) is 5.12. The normalized spacial score (nSPS) is 11.6. The summed E-state index contributed by atoms with van der Waals surface area (Å²) in [5.41, 5.74) is 7.46. The molecule has 34 heavy (non-hydrogen) atoms. The maximum Gasteiger partial charge on any atom is 0.287 e. The number of primary amides is 1. The average Bonchev–Trinajstić information content (AvgIpc) is 3.35. The Morgan fingerprint density at radius 3 is 2.41 bits per heavy atom. The molecular weight excluding hydrogens is 437 g/mol. The van der Waals surface area contributed by atoms with Crippen LogP contribution in [0, 0.1) is 5.82 Å². The molecule has 1 atom stereocenters. The van der Waals surface area contributed by atoms with Crippen molar-refractivity contribution >= 4 is 17.6 Å².